The van der Waals surface area contributed by atoms with Crippen LogP contribution in [0.1, 0.15) is 31.6 Å². The van der Waals surface area contributed by atoms with Gasteiger partial charge in [0, 0.05) is 23.5 Å². The fraction of sp³-hybridized carbons (Fsp3) is 0.533. The first-order valence-electron chi connectivity index (χ1n) is 6.81. The number of rotatable bonds is 4. The normalized spacial score (nSPS) is 22.5. The maximum atomic E-state index is 11.8. The van der Waals surface area contributed by atoms with Crippen LogP contribution in [0.25, 0.3) is 6.08 Å². The summed E-state index contributed by atoms with van der Waals surface area (Å²) < 4.78 is 0. The zero-order chi connectivity index (χ0) is 13.7. The van der Waals surface area contributed by atoms with Gasteiger partial charge in [-0.3, -0.25) is 4.79 Å². The zero-order valence-corrected chi connectivity index (χ0v) is 12.4. The van der Waals surface area contributed by atoms with Crippen molar-refractivity contribution in [2.75, 3.05) is 13.1 Å². The summed E-state index contributed by atoms with van der Waals surface area (Å²) in [6, 6.07) is 4.34. The Morgan fingerprint density at radius 1 is 1.63 bits per heavy atom. The lowest BCUT2D eigenvalue weighted by Crippen LogP contribution is -2.52. The van der Waals surface area contributed by atoms with Crippen molar-refractivity contribution in [2.45, 2.75) is 32.7 Å². The number of carbonyl (C=O) groups is 1. The predicted molar refractivity (Wildman–Crippen MR) is 81.2 cm³/mol. The third kappa shape index (κ3) is 4.18. The highest BCUT2D eigenvalue weighted by atomic mass is 32.1. The maximum Gasteiger partial charge on any atom is 0.244 e. The van der Waals surface area contributed by atoms with Crippen LogP contribution in [0.5, 0.6) is 0 Å². The maximum absolute atomic E-state index is 11.8. The van der Waals surface area contributed by atoms with Gasteiger partial charge in [-0.15, -0.1) is 11.3 Å². The molecule has 4 heteroatoms. The summed E-state index contributed by atoms with van der Waals surface area (Å²) in [5.74, 6) is -0.0171. The van der Waals surface area contributed by atoms with Crippen molar-refractivity contribution in [3.05, 3.63) is 28.5 Å². The van der Waals surface area contributed by atoms with E-state index in [0.29, 0.717) is 12.6 Å². The minimum atomic E-state index is -0.0171. The Morgan fingerprint density at radius 3 is 3.16 bits per heavy atom. The second-order valence-electron chi connectivity index (χ2n) is 5.69. The highest BCUT2D eigenvalue weighted by Gasteiger charge is 2.31. The molecule has 1 aliphatic heterocycles. The molecular weight excluding hydrogens is 256 g/mol. The molecule has 0 aliphatic carbocycles. The molecule has 1 aromatic heterocycles. The van der Waals surface area contributed by atoms with E-state index in [1.807, 2.05) is 23.6 Å². The lowest BCUT2D eigenvalue weighted by molar-refractivity contribution is -0.116. The van der Waals surface area contributed by atoms with E-state index in [4.69, 9.17) is 0 Å². The van der Waals surface area contributed by atoms with Gasteiger partial charge >= 0.3 is 0 Å². The Bertz CT molecular complexity index is 437. The summed E-state index contributed by atoms with van der Waals surface area (Å²) in [7, 11) is 0. The van der Waals surface area contributed by atoms with Crippen LogP contribution in [-0.2, 0) is 4.79 Å². The average molecular weight is 278 g/mol. The second kappa shape index (κ2) is 6.35. The fourth-order valence-electron chi connectivity index (χ4n) is 2.42. The largest absolute Gasteiger partial charge is 0.351 e. The molecule has 1 aromatic rings. The molecule has 0 bridgehead atoms. The van der Waals surface area contributed by atoms with Gasteiger partial charge < -0.3 is 10.6 Å². The van der Waals surface area contributed by atoms with E-state index in [-0.39, 0.29) is 11.3 Å². The summed E-state index contributed by atoms with van der Waals surface area (Å²) in [4.78, 5) is 12.9. The second-order valence-corrected chi connectivity index (χ2v) is 6.67. The molecule has 1 saturated heterocycles. The summed E-state index contributed by atoms with van der Waals surface area (Å²) >= 11 is 1.63. The van der Waals surface area contributed by atoms with E-state index in [1.54, 1.807) is 17.4 Å². The van der Waals surface area contributed by atoms with E-state index >= 15 is 0 Å². The van der Waals surface area contributed by atoms with Crippen LogP contribution in [0.2, 0.25) is 0 Å². The van der Waals surface area contributed by atoms with Crippen molar-refractivity contribution in [3.63, 3.8) is 0 Å². The molecule has 1 atom stereocenters. The van der Waals surface area contributed by atoms with Crippen LogP contribution in [0.4, 0.5) is 0 Å². The minimum Gasteiger partial charge on any atom is -0.351 e. The molecule has 0 saturated carbocycles. The molecule has 0 spiro atoms. The minimum absolute atomic E-state index is 0.0171. The quantitative estimate of drug-likeness (QED) is 0.831. The summed E-state index contributed by atoms with van der Waals surface area (Å²) in [5, 5.41) is 8.49. The molecule has 3 nitrogen and oxygen atoms in total. The molecule has 2 N–H and O–H groups in total. The predicted octanol–water partition coefficient (Wildman–Crippen LogP) is 2.66. The van der Waals surface area contributed by atoms with E-state index < -0.39 is 0 Å². The summed E-state index contributed by atoms with van der Waals surface area (Å²) in [5.41, 5.74) is 0.253. The van der Waals surface area contributed by atoms with Crippen LogP contribution >= 0.6 is 11.3 Å². The van der Waals surface area contributed by atoms with Gasteiger partial charge in [0.05, 0.1) is 0 Å². The third-order valence-electron chi connectivity index (χ3n) is 3.75. The number of carbonyl (C=O) groups excluding carboxylic acids is 1. The van der Waals surface area contributed by atoms with E-state index in [9.17, 15) is 4.79 Å². The first-order valence-corrected chi connectivity index (χ1v) is 7.69. The van der Waals surface area contributed by atoms with Crippen LogP contribution in [-0.4, -0.2) is 25.0 Å². The van der Waals surface area contributed by atoms with Crippen molar-refractivity contribution < 1.29 is 4.79 Å². The summed E-state index contributed by atoms with van der Waals surface area (Å²) in [6.45, 7) is 6.27. The van der Waals surface area contributed by atoms with Crippen LogP contribution in [0, 0.1) is 5.41 Å². The Kier molecular flexibility index (Phi) is 4.77. The van der Waals surface area contributed by atoms with Crippen molar-refractivity contribution >= 4 is 23.3 Å². The SMILES string of the molecule is CC1(C)CCCNC1CNC(=O)/C=C/c1cccs1. The number of thiophene rings is 1. The molecule has 0 aromatic carbocycles. The highest BCUT2D eigenvalue weighted by molar-refractivity contribution is 7.10. The van der Waals surface area contributed by atoms with E-state index in [0.717, 1.165) is 11.4 Å². The molecule has 1 aliphatic rings. The molecule has 1 amide bonds. The van der Waals surface area contributed by atoms with Gasteiger partial charge in [0.1, 0.15) is 0 Å². The lowest BCUT2D eigenvalue weighted by Gasteiger charge is -2.39. The smallest absolute Gasteiger partial charge is 0.244 e. The van der Waals surface area contributed by atoms with Gasteiger partial charge in [-0.25, -0.2) is 0 Å². The Balaban J connectivity index is 1.80. The Morgan fingerprint density at radius 2 is 2.47 bits per heavy atom. The molecule has 0 radical (unpaired) electrons. The molecular formula is C15H22N2OS. The van der Waals surface area contributed by atoms with E-state index in [1.165, 1.54) is 12.8 Å². The van der Waals surface area contributed by atoms with Crippen molar-refractivity contribution in [1.82, 2.24) is 10.6 Å². The number of nitrogens with one attached hydrogen (secondary N) is 2. The molecule has 1 fully saturated rings. The van der Waals surface area contributed by atoms with Gasteiger partial charge in [0.15, 0.2) is 0 Å². The standard InChI is InChI=1S/C15H22N2OS/c1-15(2)8-4-9-16-13(15)11-17-14(18)7-6-12-5-3-10-19-12/h3,5-7,10,13,16H,4,8-9,11H2,1-2H3,(H,17,18)/b7-6+. The number of hydrogen-bond donors (Lipinski definition) is 2. The number of amides is 1. The van der Waals surface area contributed by atoms with Gasteiger partial charge in [-0.2, -0.15) is 0 Å². The Labute approximate surface area is 119 Å². The Hall–Kier alpha value is -1.13. The first-order chi connectivity index (χ1) is 9.08. The zero-order valence-electron chi connectivity index (χ0n) is 11.6. The first kappa shape index (κ1) is 14.3. The monoisotopic (exact) mass is 278 g/mol. The van der Waals surface area contributed by atoms with Gasteiger partial charge in [-0.1, -0.05) is 19.9 Å². The number of piperidine rings is 1. The van der Waals surface area contributed by atoms with Gasteiger partial charge in [0.2, 0.25) is 5.91 Å². The molecule has 104 valence electrons. The van der Waals surface area contributed by atoms with Crippen molar-refractivity contribution in [2.24, 2.45) is 5.41 Å². The van der Waals surface area contributed by atoms with Gasteiger partial charge in [0.25, 0.3) is 0 Å². The fourth-order valence-corrected chi connectivity index (χ4v) is 3.04. The third-order valence-corrected chi connectivity index (χ3v) is 4.59. The van der Waals surface area contributed by atoms with Crippen molar-refractivity contribution in [1.29, 1.82) is 0 Å². The molecule has 19 heavy (non-hydrogen) atoms. The van der Waals surface area contributed by atoms with E-state index in [2.05, 4.69) is 24.5 Å². The molecule has 1 unspecified atom stereocenters. The molecule has 2 heterocycles. The van der Waals surface area contributed by atoms with Crippen molar-refractivity contribution in [3.8, 4) is 0 Å². The average Bonchev–Trinajstić information content (AvgIpc) is 2.87. The van der Waals surface area contributed by atoms with Gasteiger partial charge in [-0.05, 0) is 42.3 Å². The lowest BCUT2D eigenvalue weighted by atomic mass is 9.77. The van der Waals surface area contributed by atoms with Crippen LogP contribution in [0.3, 0.4) is 0 Å². The highest BCUT2D eigenvalue weighted by Crippen LogP contribution is 2.29. The summed E-state index contributed by atoms with van der Waals surface area (Å²) in [6.07, 6.45) is 5.91. The molecule has 2 rings (SSSR count). The van der Waals surface area contributed by atoms with Crippen LogP contribution in [0.15, 0.2) is 23.6 Å². The number of hydrogen-bond acceptors (Lipinski definition) is 3. The van der Waals surface area contributed by atoms with Crippen LogP contribution < -0.4 is 10.6 Å². The topological polar surface area (TPSA) is 41.1 Å².